The molecule has 4 nitrogen and oxygen atoms in total. The third kappa shape index (κ3) is 1.81. The summed E-state index contributed by atoms with van der Waals surface area (Å²) in [4.78, 5) is 6.89. The average molecular weight is 160 g/mol. The Kier molecular flexibility index (Phi) is 2.27. The zero-order valence-electron chi connectivity index (χ0n) is 5.46. The van der Waals surface area contributed by atoms with E-state index in [0.717, 1.165) is 12.4 Å². The number of alkyl halides is 2. The molecule has 0 unspecified atom stereocenters. The molecule has 0 amide bonds. The van der Waals surface area contributed by atoms with E-state index in [1.54, 1.807) is 0 Å². The highest BCUT2D eigenvalue weighted by molar-refractivity contribution is 5.32. The molecule has 6 heteroatoms. The van der Waals surface area contributed by atoms with E-state index < -0.39 is 6.43 Å². The monoisotopic (exact) mass is 160 g/mol. The standard InChI is InChI=1S/C5H6F2N4/c6-5(7)3-1-4(11-8)10-2-9-3/h1-2,5H,8H2,(H,9,10,11). The Morgan fingerprint density at radius 2 is 2.18 bits per heavy atom. The molecule has 1 heterocycles. The molecule has 0 saturated carbocycles. The van der Waals surface area contributed by atoms with Gasteiger partial charge in [-0.3, -0.25) is 0 Å². The van der Waals surface area contributed by atoms with Gasteiger partial charge in [0, 0.05) is 6.07 Å². The van der Waals surface area contributed by atoms with Crippen LogP contribution >= 0.6 is 0 Å². The van der Waals surface area contributed by atoms with E-state index in [-0.39, 0.29) is 11.5 Å². The number of nitrogens with zero attached hydrogens (tertiary/aromatic N) is 2. The lowest BCUT2D eigenvalue weighted by Gasteiger charge is -2.00. The number of hydrazine groups is 1. The van der Waals surface area contributed by atoms with E-state index in [1.807, 2.05) is 0 Å². The highest BCUT2D eigenvalue weighted by atomic mass is 19.3. The van der Waals surface area contributed by atoms with Gasteiger partial charge in [-0.1, -0.05) is 0 Å². The summed E-state index contributed by atoms with van der Waals surface area (Å²) < 4.78 is 23.8. The minimum atomic E-state index is -2.59. The molecule has 0 saturated heterocycles. The van der Waals surface area contributed by atoms with Crippen molar-refractivity contribution < 1.29 is 8.78 Å². The van der Waals surface area contributed by atoms with Crippen LogP contribution in [0.15, 0.2) is 12.4 Å². The number of anilines is 1. The van der Waals surface area contributed by atoms with Crippen molar-refractivity contribution in [1.29, 1.82) is 0 Å². The van der Waals surface area contributed by atoms with Crippen molar-refractivity contribution in [2.24, 2.45) is 5.84 Å². The second-order valence-corrected chi connectivity index (χ2v) is 1.77. The number of nitrogens with two attached hydrogens (primary N) is 1. The van der Waals surface area contributed by atoms with Crippen LogP contribution in [0.2, 0.25) is 0 Å². The lowest BCUT2D eigenvalue weighted by molar-refractivity contribution is 0.146. The van der Waals surface area contributed by atoms with Crippen LogP contribution in [0.5, 0.6) is 0 Å². The molecule has 60 valence electrons. The first-order valence-corrected chi connectivity index (χ1v) is 2.80. The Balaban J connectivity index is 2.91. The van der Waals surface area contributed by atoms with Crippen LogP contribution in [0.25, 0.3) is 0 Å². The number of nitrogen functional groups attached to an aromatic ring is 1. The summed E-state index contributed by atoms with van der Waals surface area (Å²) in [6.45, 7) is 0. The molecule has 1 aromatic heterocycles. The maximum atomic E-state index is 11.9. The van der Waals surface area contributed by atoms with Gasteiger partial charge < -0.3 is 5.43 Å². The van der Waals surface area contributed by atoms with E-state index in [9.17, 15) is 8.78 Å². The molecule has 0 fully saturated rings. The van der Waals surface area contributed by atoms with Crippen molar-refractivity contribution in [2.75, 3.05) is 5.43 Å². The van der Waals surface area contributed by atoms with Gasteiger partial charge in [-0.15, -0.1) is 0 Å². The topological polar surface area (TPSA) is 63.8 Å². The molecular weight excluding hydrogens is 154 g/mol. The van der Waals surface area contributed by atoms with Crippen LogP contribution in [0.1, 0.15) is 12.1 Å². The molecule has 3 N–H and O–H groups in total. The normalized spacial score (nSPS) is 10.2. The number of hydrogen-bond acceptors (Lipinski definition) is 4. The van der Waals surface area contributed by atoms with Crippen molar-refractivity contribution in [3.63, 3.8) is 0 Å². The van der Waals surface area contributed by atoms with Gasteiger partial charge in [0.2, 0.25) is 0 Å². The molecule has 0 aliphatic carbocycles. The number of halogens is 2. The minimum Gasteiger partial charge on any atom is -0.308 e. The Labute approximate surface area is 61.4 Å². The van der Waals surface area contributed by atoms with Gasteiger partial charge in [0.05, 0.1) is 0 Å². The molecule has 1 rings (SSSR count). The van der Waals surface area contributed by atoms with Gasteiger partial charge in [-0.05, 0) is 0 Å². The van der Waals surface area contributed by atoms with Crippen LogP contribution in [-0.2, 0) is 0 Å². The fraction of sp³-hybridized carbons (Fsp3) is 0.200. The molecule has 0 spiro atoms. The minimum absolute atomic E-state index is 0.176. The van der Waals surface area contributed by atoms with Crippen LogP contribution in [-0.4, -0.2) is 9.97 Å². The molecule has 0 aliphatic heterocycles. The molecule has 11 heavy (non-hydrogen) atoms. The maximum absolute atomic E-state index is 11.9. The number of hydrogen-bond donors (Lipinski definition) is 2. The van der Waals surface area contributed by atoms with Crippen molar-refractivity contribution in [2.45, 2.75) is 6.43 Å². The smallest absolute Gasteiger partial charge is 0.280 e. The fourth-order valence-corrected chi connectivity index (χ4v) is 0.571. The first-order chi connectivity index (χ1) is 5.24. The van der Waals surface area contributed by atoms with E-state index in [4.69, 9.17) is 5.84 Å². The van der Waals surface area contributed by atoms with Gasteiger partial charge in [0.15, 0.2) is 0 Å². The first-order valence-electron chi connectivity index (χ1n) is 2.80. The predicted octanol–water partition coefficient (Wildman–Crippen LogP) is 0.700. The summed E-state index contributed by atoms with van der Waals surface area (Å²) in [5.41, 5.74) is 1.80. The van der Waals surface area contributed by atoms with Gasteiger partial charge in [0.25, 0.3) is 6.43 Å². The zero-order valence-corrected chi connectivity index (χ0v) is 5.46. The van der Waals surface area contributed by atoms with Gasteiger partial charge in [-0.25, -0.2) is 24.6 Å². The Morgan fingerprint density at radius 1 is 1.45 bits per heavy atom. The zero-order chi connectivity index (χ0) is 8.27. The summed E-state index contributed by atoms with van der Waals surface area (Å²) in [5, 5.41) is 0. The summed E-state index contributed by atoms with van der Waals surface area (Å²) in [5.74, 6) is 5.11. The number of aromatic nitrogens is 2. The van der Waals surface area contributed by atoms with E-state index in [1.165, 1.54) is 0 Å². The second kappa shape index (κ2) is 3.20. The van der Waals surface area contributed by atoms with Gasteiger partial charge in [0.1, 0.15) is 17.8 Å². The molecule has 1 aromatic rings. The summed E-state index contributed by atoms with van der Waals surface area (Å²) in [7, 11) is 0. The molecule has 0 aliphatic rings. The summed E-state index contributed by atoms with van der Waals surface area (Å²) >= 11 is 0. The van der Waals surface area contributed by atoms with Gasteiger partial charge >= 0.3 is 0 Å². The van der Waals surface area contributed by atoms with E-state index in [2.05, 4.69) is 15.4 Å². The van der Waals surface area contributed by atoms with E-state index in [0.29, 0.717) is 0 Å². The highest BCUT2D eigenvalue weighted by Crippen LogP contribution is 2.16. The van der Waals surface area contributed by atoms with Crippen molar-refractivity contribution in [3.8, 4) is 0 Å². The third-order valence-electron chi connectivity index (χ3n) is 1.06. The number of rotatable bonds is 2. The molecular formula is C5H6F2N4. The predicted molar refractivity (Wildman–Crippen MR) is 34.8 cm³/mol. The Hall–Kier alpha value is -1.30. The fourth-order valence-electron chi connectivity index (χ4n) is 0.571. The maximum Gasteiger partial charge on any atom is 0.280 e. The van der Waals surface area contributed by atoms with Gasteiger partial charge in [-0.2, -0.15) is 0 Å². The first kappa shape index (κ1) is 7.80. The van der Waals surface area contributed by atoms with Crippen LogP contribution in [0, 0.1) is 0 Å². The SMILES string of the molecule is NNc1cc(C(F)F)ncn1. The van der Waals surface area contributed by atoms with E-state index >= 15 is 0 Å². The highest BCUT2D eigenvalue weighted by Gasteiger charge is 2.08. The van der Waals surface area contributed by atoms with Crippen molar-refractivity contribution in [1.82, 2.24) is 9.97 Å². The molecule has 0 bridgehead atoms. The van der Waals surface area contributed by atoms with Crippen LogP contribution in [0.4, 0.5) is 14.6 Å². The Morgan fingerprint density at radius 3 is 2.73 bits per heavy atom. The summed E-state index contributed by atoms with van der Waals surface area (Å²) in [6, 6.07) is 1.09. The third-order valence-corrected chi connectivity index (χ3v) is 1.06. The molecule has 0 radical (unpaired) electrons. The quantitative estimate of drug-likeness (QED) is 0.493. The lowest BCUT2D eigenvalue weighted by atomic mass is 10.4. The molecule has 0 aromatic carbocycles. The average Bonchev–Trinajstić information content (AvgIpc) is 2.05. The van der Waals surface area contributed by atoms with Crippen LogP contribution < -0.4 is 11.3 Å². The lowest BCUT2D eigenvalue weighted by Crippen LogP contribution is -2.09. The van der Waals surface area contributed by atoms with Crippen molar-refractivity contribution in [3.05, 3.63) is 18.1 Å². The molecule has 0 atom stereocenters. The summed E-state index contributed by atoms with van der Waals surface area (Å²) in [6.07, 6.45) is -1.57. The van der Waals surface area contributed by atoms with Crippen LogP contribution in [0.3, 0.4) is 0 Å². The van der Waals surface area contributed by atoms with Crippen molar-refractivity contribution >= 4 is 5.82 Å². The Bertz CT molecular complexity index is 240. The second-order valence-electron chi connectivity index (χ2n) is 1.77. The number of nitrogens with one attached hydrogen (secondary N) is 1. The largest absolute Gasteiger partial charge is 0.308 e.